The molecule has 0 aromatic rings. The second kappa shape index (κ2) is 7.84. The molecule has 5 nitrogen and oxygen atoms in total. The maximum Gasteiger partial charge on any atom is 0.315 e. The second-order valence-corrected chi connectivity index (χ2v) is 8.27. The summed E-state index contributed by atoms with van der Waals surface area (Å²) >= 11 is 0. The van der Waals surface area contributed by atoms with Crippen LogP contribution in [0.4, 0.5) is 4.79 Å². The first-order valence-electron chi connectivity index (χ1n) is 9.21. The zero-order valence-corrected chi connectivity index (χ0v) is 15.5. The molecule has 0 unspecified atom stereocenters. The molecule has 0 spiro atoms. The van der Waals surface area contributed by atoms with Gasteiger partial charge in [0.05, 0.1) is 12.2 Å². The quantitative estimate of drug-likeness (QED) is 0.836. The van der Waals surface area contributed by atoms with Crippen molar-refractivity contribution in [1.29, 1.82) is 0 Å². The monoisotopic (exact) mass is 325 g/mol. The Morgan fingerprint density at radius 2 is 1.83 bits per heavy atom. The predicted molar refractivity (Wildman–Crippen MR) is 93.6 cm³/mol. The predicted octanol–water partition coefficient (Wildman–Crippen LogP) is 2.75. The number of ether oxygens (including phenoxy) is 1. The molecule has 1 heterocycles. The molecule has 1 saturated heterocycles. The summed E-state index contributed by atoms with van der Waals surface area (Å²) in [7, 11) is 0. The number of carbonyl (C=O) groups is 1. The Kier molecular flexibility index (Phi) is 6.32. The van der Waals surface area contributed by atoms with Crippen molar-refractivity contribution >= 4 is 6.03 Å². The standard InChI is InChI=1S/C18H35N3O2/c1-13-7-6-8-16(9-13)20-17(22)19-12-18(4,5)21-10-14(2)23-15(3)11-21/h13-16H,6-12H2,1-5H3,(H2,19,20,22)/t13-,14-,15-,16+/m1/s1. The summed E-state index contributed by atoms with van der Waals surface area (Å²) in [6, 6.07) is 0.317. The molecule has 1 saturated carbocycles. The topological polar surface area (TPSA) is 53.6 Å². The largest absolute Gasteiger partial charge is 0.373 e. The fourth-order valence-electron chi connectivity index (χ4n) is 3.88. The van der Waals surface area contributed by atoms with E-state index in [0.29, 0.717) is 12.6 Å². The van der Waals surface area contributed by atoms with Crippen molar-refractivity contribution in [2.45, 2.75) is 84.1 Å². The lowest BCUT2D eigenvalue weighted by Crippen LogP contribution is -2.59. The SMILES string of the molecule is C[C@@H]1CCC[C@H](NC(=O)NCC(C)(C)N2C[C@@H](C)O[C@H](C)C2)C1. The smallest absolute Gasteiger partial charge is 0.315 e. The Bertz CT molecular complexity index is 390. The van der Waals surface area contributed by atoms with Crippen molar-refractivity contribution in [3.63, 3.8) is 0 Å². The summed E-state index contributed by atoms with van der Waals surface area (Å²) in [6.45, 7) is 13.4. The second-order valence-electron chi connectivity index (χ2n) is 8.27. The molecule has 134 valence electrons. The van der Waals surface area contributed by atoms with Gasteiger partial charge in [-0.15, -0.1) is 0 Å². The highest BCUT2D eigenvalue weighted by molar-refractivity contribution is 5.74. The number of rotatable bonds is 4. The van der Waals surface area contributed by atoms with Crippen LogP contribution < -0.4 is 10.6 Å². The van der Waals surface area contributed by atoms with Crippen LogP contribution in [-0.4, -0.2) is 54.4 Å². The van der Waals surface area contributed by atoms with Gasteiger partial charge in [-0.25, -0.2) is 4.79 Å². The highest BCUT2D eigenvalue weighted by Gasteiger charge is 2.33. The molecule has 23 heavy (non-hydrogen) atoms. The molecule has 1 aliphatic heterocycles. The average Bonchev–Trinajstić information content (AvgIpc) is 2.44. The number of nitrogens with zero attached hydrogens (tertiary/aromatic N) is 1. The van der Waals surface area contributed by atoms with E-state index in [9.17, 15) is 4.79 Å². The van der Waals surface area contributed by atoms with E-state index in [4.69, 9.17) is 4.74 Å². The molecule has 2 rings (SSSR count). The lowest BCUT2D eigenvalue weighted by molar-refractivity contribution is -0.0947. The number of carbonyl (C=O) groups excluding carboxylic acids is 1. The van der Waals surface area contributed by atoms with Crippen molar-refractivity contribution in [3.05, 3.63) is 0 Å². The van der Waals surface area contributed by atoms with Crippen LogP contribution in [-0.2, 0) is 4.74 Å². The minimum Gasteiger partial charge on any atom is -0.373 e. The Balaban J connectivity index is 1.77. The fourth-order valence-corrected chi connectivity index (χ4v) is 3.88. The molecular formula is C18H35N3O2. The fraction of sp³-hybridized carbons (Fsp3) is 0.944. The minimum absolute atomic E-state index is 0.0217. The summed E-state index contributed by atoms with van der Waals surface area (Å²) in [5.41, 5.74) is -0.0660. The van der Waals surface area contributed by atoms with Crippen LogP contribution in [0.5, 0.6) is 0 Å². The third-order valence-corrected chi connectivity index (χ3v) is 5.23. The van der Waals surface area contributed by atoms with E-state index < -0.39 is 0 Å². The van der Waals surface area contributed by atoms with Gasteiger partial charge in [0.1, 0.15) is 0 Å². The van der Waals surface area contributed by atoms with E-state index >= 15 is 0 Å². The van der Waals surface area contributed by atoms with Crippen molar-refractivity contribution in [1.82, 2.24) is 15.5 Å². The number of nitrogens with one attached hydrogen (secondary N) is 2. The highest BCUT2D eigenvalue weighted by atomic mass is 16.5. The van der Waals surface area contributed by atoms with Gasteiger partial charge in [0, 0.05) is 31.2 Å². The van der Waals surface area contributed by atoms with E-state index in [2.05, 4.69) is 50.2 Å². The maximum absolute atomic E-state index is 12.2. The highest BCUT2D eigenvalue weighted by Crippen LogP contribution is 2.23. The van der Waals surface area contributed by atoms with Gasteiger partial charge in [-0.05, 0) is 46.5 Å². The third kappa shape index (κ3) is 5.64. The molecule has 2 amide bonds. The average molecular weight is 325 g/mol. The molecule has 2 N–H and O–H groups in total. The molecular weight excluding hydrogens is 290 g/mol. The summed E-state index contributed by atoms with van der Waals surface area (Å²) in [4.78, 5) is 14.6. The maximum atomic E-state index is 12.2. The van der Waals surface area contributed by atoms with E-state index in [-0.39, 0.29) is 23.8 Å². The van der Waals surface area contributed by atoms with Gasteiger partial charge in [0.2, 0.25) is 0 Å². The van der Waals surface area contributed by atoms with Crippen LogP contribution in [0.1, 0.15) is 60.3 Å². The number of morpholine rings is 1. The Hall–Kier alpha value is -0.810. The summed E-state index contributed by atoms with van der Waals surface area (Å²) < 4.78 is 5.81. The lowest BCUT2D eigenvalue weighted by Gasteiger charge is -2.45. The van der Waals surface area contributed by atoms with E-state index in [1.165, 1.54) is 12.8 Å². The first kappa shape index (κ1) is 18.5. The van der Waals surface area contributed by atoms with E-state index in [0.717, 1.165) is 31.8 Å². The van der Waals surface area contributed by atoms with Gasteiger partial charge in [0.25, 0.3) is 0 Å². The van der Waals surface area contributed by atoms with Gasteiger partial charge in [-0.2, -0.15) is 0 Å². The molecule has 2 fully saturated rings. The van der Waals surface area contributed by atoms with Gasteiger partial charge in [-0.1, -0.05) is 19.8 Å². The number of hydrogen-bond donors (Lipinski definition) is 2. The number of hydrogen-bond acceptors (Lipinski definition) is 3. The summed E-state index contributed by atoms with van der Waals surface area (Å²) in [6.07, 6.45) is 5.22. The van der Waals surface area contributed by atoms with Gasteiger partial charge >= 0.3 is 6.03 Å². The molecule has 2 aliphatic rings. The number of amides is 2. The van der Waals surface area contributed by atoms with Crippen LogP contribution in [0, 0.1) is 5.92 Å². The molecule has 5 heteroatoms. The zero-order chi connectivity index (χ0) is 17.0. The Morgan fingerprint density at radius 1 is 1.17 bits per heavy atom. The van der Waals surface area contributed by atoms with Crippen LogP contribution in [0.2, 0.25) is 0 Å². The van der Waals surface area contributed by atoms with Gasteiger partial charge < -0.3 is 15.4 Å². The Labute approximate surface area is 141 Å². The number of urea groups is 1. The van der Waals surface area contributed by atoms with Crippen LogP contribution in [0.15, 0.2) is 0 Å². The molecule has 4 atom stereocenters. The van der Waals surface area contributed by atoms with Crippen LogP contribution >= 0.6 is 0 Å². The molecule has 0 bridgehead atoms. The van der Waals surface area contributed by atoms with Crippen LogP contribution in [0.3, 0.4) is 0 Å². The lowest BCUT2D eigenvalue weighted by atomic mass is 9.87. The van der Waals surface area contributed by atoms with Crippen molar-refractivity contribution < 1.29 is 9.53 Å². The first-order chi connectivity index (χ1) is 10.8. The normalized spacial score (nSPS) is 33.3. The first-order valence-corrected chi connectivity index (χ1v) is 9.21. The van der Waals surface area contributed by atoms with Gasteiger partial charge in [0.15, 0.2) is 0 Å². The van der Waals surface area contributed by atoms with E-state index in [1.54, 1.807) is 0 Å². The minimum atomic E-state index is -0.0660. The molecule has 0 aromatic carbocycles. The van der Waals surface area contributed by atoms with E-state index in [1.807, 2.05) is 0 Å². The molecule has 0 radical (unpaired) electrons. The molecule has 1 aliphatic carbocycles. The van der Waals surface area contributed by atoms with Gasteiger partial charge in [-0.3, -0.25) is 4.90 Å². The van der Waals surface area contributed by atoms with Crippen molar-refractivity contribution in [2.75, 3.05) is 19.6 Å². The Morgan fingerprint density at radius 3 is 2.43 bits per heavy atom. The van der Waals surface area contributed by atoms with Crippen LogP contribution in [0.25, 0.3) is 0 Å². The summed E-state index contributed by atoms with van der Waals surface area (Å²) in [5, 5.41) is 6.23. The summed E-state index contributed by atoms with van der Waals surface area (Å²) in [5.74, 6) is 0.724. The third-order valence-electron chi connectivity index (χ3n) is 5.23. The van der Waals surface area contributed by atoms with Crippen molar-refractivity contribution in [2.24, 2.45) is 5.92 Å². The van der Waals surface area contributed by atoms with Crippen molar-refractivity contribution in [3.8, 4) is 0 Å². The zero-order valence-electron chi connectivity index (χ0n) is 15.5. The molecule has 0 aromatic heterocycles.